The van der Waals surface area contributed by atoms with Crippen LogP contribution in [-0.2, 0) is 4.79 Å². The lowest BCUT2D eigenvalue weighted by Crippen LogP contribution is -2.21. The van der Waals surface area contributed by atoms with Crippen molar-refractivity contribution >= 4 is 23.0 Å². The van der Waals surface area contributed by atoms with Gasteiger partial charge in [-0.2, -0.15) is 5.26 Å². The van der Waals surface area contributed by atoms with Crippen molar-refractivity contribution in [2.75, 3.05) is 0 Å². The highest BCUT2D eigenvalue weighted by molar-refractivity contribution is 7.15. The summed E-state index contributed by atoms with van der Waals surface area (Å²) in [5.74, 6) is -0.534. The van der Waals surface area contributed by atoms with E-state index in [4.69, 9.17) is 10.3 Å². The van der Waals surface area contributed by atoms with Crippen molar-refractivity contribution < 1.29 is 9.90 Å². The average Bonchev–Trinajstić information content (AvgIpc) is 3.33. The van der Waals surface area contributed by atoms with Crippen LogP contribution in [0.1, 0.15) is 51.9 Å². The fraction of sp³-hybridized carbons (Fsp3) is 0.240. The number of aryl methyl sites for hydroxylation is 2. The molecule has 0 aliphatic carbocycles. The number of rotatable bonds is 4. The molecule has 2 atom stereocenters. The van der Waals surface area contributed by atoms with Crippen LogP contribution in [0.25, 0.3) is 16.3 Å². The van der Waals surface area contributed by atoms with Gasteiger partial charge in [0.15, 0.2) is 5.82 Å². The van der Waals surface area contributed by atoms with Crippen molar-refractivity contribution in [1.29, 1.82) is 5.26 Å². The molecule has 1 N–H and O–H groups in total. The first-order valence-corrected chi connectivity index (χ1v) is 11.8. The van der Waals surface area contributed by atoms with Gasteiger partial charge < -0.3 is 5.11 Å². The Balaban J connectivity index is 1.70. The van der Waals surface area contributed by atoms with Gasteiger partial charge >= 0.3 is 5.97 Å². The van der Waals surface area contributed by atoms with E-state index in [2.05, 4.69) is 34.0 Å². The maximum atomic E-state index is 12.0. The number of thiophene rings is 1. The Hall–Kier alpha value is -4.23. The van der Waals surface area contributed by atoms with E-state index >= 15 is 0 Å². The Labute approximate surface area is 205 Å². The quantitative estimate of drug-likeness (QED) is 0.460. The first kappa shape index (κ1) is 22.6. The second-order valence-corrected chi connectivity index (χ2v) is 9.63. The molecule has 0 spiro atoms. The van der Waals surface area contributed by atoms with Gasteiger partial charge in [-0.25, -0.2) is 9.97 Å². The zero-order chi connectivity index (χ0) is 24.9. The summed E-state index contributed by atoms with van der Waals surface area (Å²) in [7, 11) is 0. The maximum absolute atomic E-state index is 12.0. The molecule has 4 heterocycles. The molecule has 3 aromatic heterocycles. The number of aliphatic carboxylic acids is 1. The van der Waals surface area contributed by atoms with E-state index in [-0.39, 0.29) is 0 Å². The first-order chi connectivity index (χ1) is 16.8. The summed E-state index contributed by atoms with van der Waals surface area (Å²) in [6.07, 6.45) is 1.37. The molecule has 5 rings (SSSR count). The van der Waals surface area contributed by atoms with Gasteiger partial charge in [0.1, 0.15) is 35.0 Å². The lowest BCUT2D eigenvalue weighted by atomic mass is 9.97. The fourth-order valence-electron chi connectivity index (χ4n) is 4.19. The van der Waals surface area contributed by atoms with Crippen LogP contribution in [0.3, 0.4) is 0 Å². The molecule has 1 unspecified atom stereocenters. The topological polar surface area (TPSA) is 130 Å². The van der Waals surface area contributed by atoms with Gasteiger partial charge in [-0.15, -0.1) is 21.5 Å². The number of aromatic nitrogens is 5. The Morgan fingerprint density at radius 1 is 1.14 bits per heavy atom. The van der Waals surface area contributed by atoms with Gasteiger partial charge in [-0.3, -0.25) is 14.4 Å². The molecule has 0 radical (unpaired) electrons. The molecule has 0 amide bonds. The number of carboxylic acids is 1. The van der Waals surface area contributed by atoms with Crippen LogP contribution in [0.15, 0.2) is 41.7 Å². The van der Waals surface area contributed by atoms with Gasteiger partial charge in [0.25, 0.3) is 0 Å². The van der Waals surface area contributed by atoms with Crippen molar-refractivity contribution in [3.63, 3.8) is 0 Å². The molecule has 9 nitrogen and oxygen atoms in total. The number of fused-ring (bicyclic) bond motifs is 3. The molecule has 0 fully saturated rings. The number of aliphatic imine (C=N–C) groups is 1. The Morgan fingerprint density at radius 2 is 1.86 bits per heavy atom. The highest BCUT2D eigenvalue weighted by Gasteiger charge is 2.36. The van der Waals surface area contributed by atoms with Gasteiger partial charge in [-0.05, 0) is 33.3 Å². The largest absolute Gasteiger partial charge is 0.481 e. The van der Waals surface area contributed by atoms with Crippen LogP contribution in [0, 0.1) is 38.0 Å². The van der Waals surface area contributed by atoms with E-state index in [1.54, 1.807) is 24.3 Å². The normalized spacial score (nSPS) is 15.4. The lowest BCUT2D eigenvalue weighted by Gasteiger charge is -2.16. The third-order valence-corrected chi connectivity index (χ3v) is 7.48. The number of carbonyl (C=O) groups is 1. The van der Waals surface area contributed by atoms with Crippen molar-refractivity contribution in [1.82, 2.24) is 24.7 Å². The van der Waals surface area contributed by atoms with Crippen LogP contribution in [0.5, 0.6) is 0 Å². The second-order valence-electron chi connectivity index (χ2n) is 8.43. The molecular weight excluding hydrogens is 462 g/mol. The van der Waals surface area contributed by atoms with Crippen molar-refractivity contribution in [3.05, 3.63) is 75.6 Å². The second kappa shape index (κ2) is 8.52. The van der Waals surface area contributed by atoms with Gasteiger partial charge in [0.05, 0.1) is 17.3 Å². The van der Waals surface area contributed by atoms with E-state index in [9.17, 15) is 9.90 Å². The van der Waals surface area contributed by atoms with Gasteiger partial charge in [0.2, 0.25) is 0 Å². The van der Waals surface area contributed by atoms with E-state index < -0.39 is 17.9 Å². The van der Waals surface area contributed by atoms with Crippen LogP contribution >= 0.6 is 11.3 Å². The standard InChI is InChI=1S/C25H21N7O2S/c1-12-14(3)35-24-20(12)22(29-21(13(2)25(33)34)23-31-30-15(4)32(23)24)17-7-5-16(6-8-17)19-9-18(10-26)27-11-28-19/h5-9,11,13,21H,1-4H3,(H,33,34)/t13?,21-/m0/s1. The predicted octanol–water partition coefficient (Wildman–Crippen LogP) is 4.20. The number of benzene rings is 1. The molecule has 1 aromatic carbocycles. The minimum atomic E-state index is -0.948. The predicted molar refractivity (Wildman–Crippen MR) is 131 cm³/mol. The van der Waals surface area contributed by atoms with Gasteiger partial charge in [-0.1, -0.05) is 24.3 Å². The Morgan fingerprint density at radius 3 is 2.54 bits per heavy atom. The highest BCUT2D eigenvalue weighted by Crippen LogP contribution is 2.40. The Bertz CT molecular complexity index is 1540. The SMILES string of the molecule is Cc1sc2c(c1C)C(c1ccc(-c3cc(C#N)ncn3)cc1)=N[C@@H](C(C)C(=O)O)c1nnc(C)n1-2. The minimum absolute atomic E-state index is 0.296. The maximum Gasteiger partial charge on any atom is 0.308 e. The zero-order valence-electron chi connectivity index (χ0n) is 19.5. The molecule has 1 aliphatic rings. The summed E-state index contributed by atoms with van der Waals surface area (Å²) >= 11 is 1.62. The highest BCUT2D eigenvalue weighted by atomic mass is 32.1. The molecule has 35 heavy (non-hydrogen) atoms. The summed E-state index contributed by atoms with van der Waals surface area (Å²) in [5, 5.41) is 28.5. The fourth-order valence-corrected chi connectivity index (χ4v) is 5.41. The molecular formula is C25H21N7O2S. The van der Waals surface area contributed by atoms with Crippen molar-refractivity contribution in [3.8, 4) is 22.3 Å². The van der Waals surface area contributed by atoms with Crippen molar-refractivity contribution in [2.45, 2.75) is 33.7 Å². The molecule has 10 heteroatoms. The first-order valence-electron chi connectivity index (χ1n) is 11.0. The number of nitrogens with zero attached hydrogens (tertiary/aromatic N) is 7. The summed E-state index contributed by atoms with van der Waals surface area (Å²) in [5.41, 5.74) is 5.40. The molecule has 1 aliphatic heterocycles. The third-order valence-electron chi connectivity index (χ3n) is 6.29. The summed E-state index contributed by atoms with van der Waals surface area (Å²) < 4.78 is 1.94. The van der Waals surface area contributed by atoms with E-state index in [0.29, 0.717) is 23.0 Å². The smallest absolute Gasteiger partial charge is 0.308 e. The monoisotopic (exact) mass is 483 g/mol. The van der Waals surface area contributed by atoms with Crippen LogP contribution < -0.4 is 0 Å². The van der Waals surface area contributed by atoms with Crippen LogP contribution in [0.2, 0.25) is 0 Å². The number of nitriles is 1. The summed E-state index contributed by atoms with van der Waals surface area (Å²) in [6.45, 7) is 7.63. The average molecular weight is 484 g/mol. The minimum Gasteiger partial charge on any atom is -0.481 e. The van der Waals surface area contributed by atoms with E-state index in [1.165, 1.54) is 6.33 Å². The summed E-state index contributed by atoms with van der Waals surface area (Å²) in [4.78, 5) is 26.4. The Kier molecular flexibility index (Phi) is 5.49. The number of hydrogen-bond acceptors (Lipinski definition) is 8. The molecule has 0 saturated carbocycles. The molecule has 174 valence electrons. The third kappa shape index (κ3) is 3.70. The summed E-state index contributed by atoms with van der Waals surface area (Å²) in [6, 6.07) is 10.7. The molecule has 0 bridgehead atoms. The van der Waals surface area contributed by atoms with Crippen LogP contribution in [0.4, 0.5) is 0 Å². The van der Waals surface area contributed by atoms with E-state index in [1.807, 2.05) is 41.8 Å². The lowest BCUT2D eigenvalue weighted by molar-refractivity contribution is -0.141. The van der Waals surface area contributed by atoms with Crippen LogP contribution in [-0.4, -0.2) is 41.5 Å². The van der Waals surface area contributed by atoms with Gasteiger partial charge in [0, 0.05) is 27.6 Å². The zero-order valence-corrected chi connectivity index (χ0v) is 20.3. The van der Waals surface area contributed by atoms with E-state index in [0.717, 1.165) is 37.8 Å². The van der Waals surface area contributed by atoms with Crippen molar-refractivity contribution in [2.24, 2.45) is 10.9 Å². The number of carboxylic acid groups (broad SMARTS) is 1. The number of hydrogen-bond donors (Lipinski definition) is 1. The molecule has 0 saturated heterocycles. The molecule has 4 aromatic rings.